The number of carbonyl (C=O) groups excluding carboxylic acids is 1. The number of amides is 1. The number of morpholine rings is 1. The monoisotopic (exact) mass is 490 g/mol. The molecule has 2 aromatic carbocycles. The van der Waals surface area contributed by atoms with Gasteiger partial charge in [-0.1, -0.05) is 53.9 Å². The van der Waals surface area contributed by atoms with E-state index in [0.717, 1.165) is 5.56 Å². The van der Waals surface area contributed by atoms with Gasteiger partial charge in [0.2, 0.25) is 10.0 Å². The minimum atomic E-state index is -3.89. The molecular formula is C20H21Cl3N2O4S. The Morgan fingerprint density at radius 2 is 1.73 bits per heavy atom. The Balaban J connectivity index is 1.90. The van der Waals surface area contributed by atoms with Crippen molar-refractivity contribution in [2.75, 3.05) is 26.3 Å². The summed E-state index contributed by atoms with van der Waals surface area (Å²) in [5, 5.41) is 3.53. The molecule has 1 heterocycles. The minimum Gasteiger partial charge on any atom is -0.379 e. The first-order chi connectivity index (χ1) is 14.2. The average Bonchev–Trinajstić information content (AvgIpc) is 2.73. The van der Waals surface area contributed by atoms with Crippen LogP contribution in [0.25, 0.3) is 0 Å². The number of halogens is 3. The molecule has 1 N–H and O–H groups in total. The van der Waals surface area contributed by atoms with Gasteiger partial charge in [-0.05, 0) is 36.2 Å². The summed E-state index contributed by atoms with van der Waals surface area (Å²) >= 11 is 18.4. The van der Waals surface area contributed by atoms with Crippen LogP contribution >= 0.6 is 34.8 Å². The molecule has 0 radical (unpaired) electrons. The molecule has 1 amide bonds. The van der Waals surface area contributed by atoms with Crippen LogP contribution in [0.5, 0.6) is 0 Å². The summed E-state index contributed by atoms with van der Waals surface area (Å²) in [6, 6.07) is 9.37. The standard InChI is InChI=1S/C20H21Cl3N2O4S/c1-2-18(13-3-5-14(21)6-4-13)24-20(26)15-11-19(17(23)12-16(15)22)30(27,28)25-7-9-29-10-8-25/h3-6,11-12,18H,2,7-10H2,1H3,(H,24,26). The van der Waals surface area contributed by atoms with Gasteiger partial charge in [-0.3, -0.25) is 4.79 Å². The second kappa shape index (κ2) is 9.85. The molecule has 1 fully saturated rings. The summed E-state index contributed by atoms with van der Waals surface area (Å²) in [6.07, 6.45) is 0.623. The maximum absolute atomic E-state index is 13.0. The maximum atomic E-state index is 13.0. The predicted molar refractivity (Wildman–Crippen MR) is 118 cm³/mol. The molecule has 2 aromatic rings. The van der Waals surface area contributed by atoms with E-state index in [1.54, 1.807) is 12.1 Å². The fourth-order valence-electron chi connectivity index (χ4n) is 3.18. The van der Waals surface area contributed by atoms with E-state index in [-0.39, 0.29) is 39.6 Å². The first kappa shape index (κ1) is 23.3. The second-order valence-corrected chi connectivity index (χ2v) is 9.92. The molecule has 0 aliphatic carbocycles. The molecule has 0 spiro atoms. The third-order valence-corrected chi connectivity index (χ3v) is 7.77. The van der Waals surface area contributed by atoms with E-state index in [0.29, 0.717) is 24.7 Å². The second-order valence-electron chi connectivity index (χ2n) is 6.76. The van der Waals surface area contributed by atoms with Crippen molar-refractivity contribution >= 4 is 50.7 Å². The maximum Gasteiger partial charge on any atom is 0.253 e. The molecule has 3 rings (SSSR count). The number of ether oxygens (including phenoxy) is 1. The van der Waals surface area contributed by atoms with Gasteiger partial charge in [-0.2, -0.15) is 4.31 Å². The van der Waals surface area contributed by atoms with Crippen LogP contribution in [-0.4, -0.2) is 44.9 Å². The third kappa shape index (κ3) is 5.10. The molecule has 162 valence electrons. The summed E-state index contributed by atoms with van der Waals surface area (Å²) in [4.78, 5) is 12.8. The number of carbonyl (C=O) groups is 1. The van der Waals surface area contributed by atoms with Gasteiger partial charge in [0.15, 0.2) is 0 Å². The summed E-state index contributed by atoms with van der Waals surface area (Å²) in [6.45, 7) is 2.97. The highest BCUT2D eigenvalue weighted by Gasteiger charge is 2.30. The molecule has 30 heavy (non-hydrogen) atoms. The molecular weight excluding hydrogens is 471 g/mol. The zero-order valence-electron chi connectivity index (χ0n) is 16.2. The molecule has 1 atom stereocenters. The molecule has 1 aliphatic rings. The Kier molecular flexibility index (Phi) is 7.66. The molecule has 1 unspecified atom stereocenters. The number of hydrogen-bond acceptors (Lipinski definition) is 4. The summed E-state index contributed by atoms with van der Waals surface area (Å²) in [7, 11) is -3.89. The lowest BCUT2D eigenvalue weighted by Crippen LogP contribution is -2.40. The number of sulfonamides is 1. The van der Waals surface area contributed by atoms with E-state index in [4.69, 9.17) is 39.5 Å². The molecule has 6 nitrogen and oxygen atoms in total. The van der Waals surface area contributed by atoms with Crippen LogP contribution in [0.4, 0.5) is 0 Å². The van der Waals surface area contributed by atoms with Crippen molar-refractivity contribution in [2.45, 2.75) is 24.3 Å². The minimum absolute atomic E-state index is 0.0345. The normalized spacial score (nSPS) is 16.3. The fraction of sp³-hybridized carbons (Fsp3) is 0.350. The van der Waals surface area contributed by atoms with Crippen LogP contribution in [-0.2, 0) is 14.8 Å². The van der Waals surface area contributed by atoms with Gasteiger partial charge >= 0.3 is 0 Å². The van der Waals surface area contributed by atoms with Crippen LogP contribution in [0.2, 0.25) is 15.1 Å². The van der Waals surface area contributed by atoms with Crippen molar-refractivity contribution in [1.82, 2.24) is 9.62 Å². The van der Waals surface area contributed by atoms with Gasteiger partial charge in [0, 0.05) is 18.1 Å². The smallest absolute Gasteiger partial charge is 0.253 e. The van der Waals surface area contributed by atoms with E-state index in [1.165, 1.54) is 16.4 Å². The summed E-state index contributed by atoms with van der Waals surface area (Å²) < 4.78 is 32.6. The number of rotatable bonds is 6. The highest BCUT2D eigenvalue weighted by Crippen LogP contribution is 2.31. The van der Waals surface area contributed by atoms with Crippen molar-refractivity contribution in [3.63, 3.8) is 0 Å². The molecule has 10 heteroatoms. The number of nitrogens with one attached hydrogen (secondary N) is 1. The summed E-state index contributed by atoms with van der Waals surface area (Å²) in [5.74, 6) is -0.489. The number of hydrogen-bond donors (Lipinski definition) is 1. The Morgan fingerprint density at radius 3 is 2.33 bits per heavy atom. The SMILES string of the molecule is CCC(NC(=O)c1cc(S(=O)(=O)N2CCOCC2)c(Cl)cc1Cl)c1ccc(Cl)cc1. The number of nitrogens with zero attached hydrogens (tertiary/aromatic N) is 1. The van der Waals surface area contributed by atoms with Crippen LogP contribution < -0.4 is 5.32 Å². The van der Waals surface area contributed by atoms with Gasteiger partial charge in [-0.25, -0.2) is 8.42 Å². The molecule has 0 aromatic heterocycles. The third-order valence-electron chi connectivity index (χ3n) is 4.84. The molecule has 1 aliphatic heterocycles. The van der Waals surface area contributed by atoms with Crippen molar-refractivity contribution in [2.24, 2.45) is 0 Å². The van der Waals surface area contributed by atoms with Crippen LogP contribution in [0.15, 0.2) is 41.3 Å². The lowest BCUT2D eigenvalue weighted by molar-refractivity contribution is 0.0730. The predicted octanol–water partition coefficient (Wildman–Crippen LogP) is 4.55. The molecule has 1 saturated heterocycles. The highest BCUT2D eigenvalue weighted by atomic mass is 35.5. The Labute approximate surface area is 191 Å². The number of benzene rings is 2. The van der Waals surface area contributed by atoms with Crippen molar-refractivity contribution in [1.29, 1.82) is 0 Å². The van der Waals surface area contributed by atoms with E-state index >= 15 is 0 Å². The van der Waals surface area contributed by atoms with Gasteiger partial charge in [0.25, 0.3) is 5.91 Å². The van der Waals surface area contributed by atoms with Gasteiger partial charge in [0.05, 0.1) is 34.9 Å². The Bertz CT molecular complexity index is 1020. The van der Waals surface area contributed by atoms with Gasteiger partial charge in [-0.15, -0.1) is 0 Å². The fourth-order valence-corrected chi connectivity index (χ4v) is 5.55. The van der Waals surface area contributed by atoms with Crippen molar-refractivity contribution in [3.05, 3.63) is 62.6 Å². The Hall–Kier alpha value is -1.35. The molecule has 0 bridgehead atoms. The van der Waals surface area contributed by atoms with E-state index in [1.807, 2.05) is 19.1 Å². The Morgan fingerprint density at radius 1 is 1.10 bits per heavy atom. The van der Waals surface area contributed by atoms with Crippen molar-refractivity contribution in [3.8, 4) is 0 Å². The first-order valence-corrected chi connectivity index (χ1v) is 11.9. The van der Waals surface area contributed by atoms with Gasteiger partial charge < -0.3 is 10.1 Å². The van der Waals surface area contributed by atoms with Crippen molar-refractivity contribution < 1.29 is 17.9 Å². The van der Waals surface area contributed by atoms with E-state index in [2.05, 4.69) is 5.32 Å². The van der Waals surface area contributed by atoms with Crippen LogP contribution in [0.1, 0.15) is 35.3 Å². The average molecular weight is 492 g/mol. The van der Waals surface area contributed by atoms with E-state index < -0.39 is 15.9 Å². The quantitative estimate of drug-likeness (QED) is 0.643. The zero-order valence-corrected chi connectivity index (χ0v) is 19.3. The van der Waals surface area contributed by atoms with Crippen LogP contribution in [0.3, 0.4) is 0 Å². The lowest BCUT2D eigenvalue weighted by atomic mass is 10.0. The highest BCUT2D eigenvalue weighted by molar-refractivity contribution is 7.89. The summed E-state index contributed by atoms with van der Waals surface area (Å²) in [5.41, 5.74) is 0.918. The van der Waals surface area contributed by atoms with E-state index in [9.17, 15) is 13.2 Å². The largest absolute Gasteiger partial charge is 0.379 e. The van der Waals surface area contributed by atoms with Crippen LogP contribution in [0, 0.1) is 0 Å². The molecule has 0 saturated carbocycles. The topological polar surface area (TPSA) is 75.7 Å². The first-order valence-electron chi connectivity index (χ1n) is 9.37. The van der Waals surface area contributed by atoms with Gasteiger partial charge in [0.1, 0.15) is 4.90 Å². The zero-order chi connectivity index (χ0) is 21.9. The lowest BCUT2D eigenvalue weighted by Gasteiger charge is -2.26.